The highest BCUT2D eigenvalue weighted by Crippen LogP contribution is 2.22. The molecule has 3 rings (SSSR count). The van der Waals surface area contributed by atoms with Gasteiger partial charge in [-0.15, -0.1) is 5.10 Å². The predicted octanol–water partition coefficient (Wildman–Crippen LogP) is -1.02. The SMILES string of the molecule is NC(=O)c1c(N)nn2ccc(N3CCC(O)C3)nc12. The van der Waals surface area contributed by atoms with E-state index in [1.54, 1.807) is 12.3 Å². The third-order valence-corrected chi connectivity index (χ3v) is 3.23. The fourth-order valence-corrected chi connectivity index (χ4v) is 2.30. The van der Waals surface area contributed by atoms with Crippen LogP contribution in [0.15, 0.2) is 12.3 Å². The van der Waals surface area contributed by atoms with E-state index in [2.05, 4.69) is 10.1 Å². The van der Waals surface area contributed by atoms with E-state index >= 15 is 0 Å². The van der Waals surface area contributed by atoms with Crippen molar-refractivity contribution in [2.24, 2.45) is 5.73 Å². The number of rotatable bonds is 2. The van der Waals surface area contributed by atoms with Crippen LogP contribution in [-0.2, 0) is 0 Å². The fourth-order valence-electron chi connectivity index (χ4n) is 2.30. The van der Waals surface area contributed by atoms with E-state index in [0.29, 0.717) is 24.4 Å². The number of aliphatic hydroxyl groups is 1. The molecule has 100 valence electrons. The van der Waals surface area contributed by atoms with E-state index in [1.165, 1.54) is 4.52 Å². The first-order chi connectivity index (χ1) is 9.06. The second-order valence-corrected chi connectivity index (χ2v) is 4.57. The number of carbonyl (C=O) groups excluding carboxylic acids is 1. The molecule has 5 N–H and O–H groups in total. The van der Waals surface area contributed by atoms with Crippen molar-refractivity contribution in [2.45, 2.75) is 12.5 Å². The van der Waals surface area contributed by atoms with Crippen LogP contribution in [0.3, 0.4) is 0 Å². The maximum Gasteiger partial charge on any atom is 0.256 e. The second-order valence-electron chi connectivity index (χ2n) is 4.57. The minimum absolute atomic E-state index is 0.0682. The lowest BCUT2D eigenvalue weighted by molar-refractivity contribution is 0.100. The Morgan fingerprint density at radius 2 is 2.32 bits per heavy atom. The molecule has 1 saturated heterocycles. The summed E-state index contributed by atoms with van der Waals surface area (Å²) in [6.45, 7) is 1.25. The van der Waals surface area contributed by atoms with Crippen molar-refractivity contribution < 1.29 is 9.90 Å². The first-order valence-corrected chi connectivity index (χ1v) is 5.94. The number of nitrogens with two attached hydrogens (primary N) is 2. The van der Waals surface area contributed by atoms with E-state index in [9.17, 15) is 9.90 Å². The van der Waals surface area contributed by atoms with Gasteiger partial charge in [0.05, 0.1) is 6.10 Å². The van der Waals surface area contributed by atoms with Crippen LogP contribution in [0, 0.1) is 0 Å². The zero-order chi connectivity index (χ0) is 13.6. The van der Waals surface area contributed by atoms with Crippen LogP contribution >= 0.6 is 0 Å². The van der Waals surface area contributed by atoms with E-state index in [-0.39, 0.29) is 17.5 Å². The molecule has 0 bridgehead atoms. The normalized spacial score (nSPS) is 19.2. The molecule has 1 aliphatic rings. The van der Waals surface area contributed by atoms with E-state index in [4.69, 9.17) is 11.5 Å². The van der Waals surface area contributed by atoms with Crippen molar-refractivity contribution in [2.75, 3.05) is 23.7 Å². The molecule has 19 heavy (non-hydrogen) atoms. The summed E-state index contributed by atoms with van der Waals surface area (Å²) in [5, 5.41) is 13.5. The Kier molecular flexibility index (Phi) is 2.53. The summed E-state index contributed by atoms with van der Waals surface area (Å²) in [5.41, 5.74) is 11.4. The number of hydrogen-bond donors (Lipinski definition) is 3. The average molecular weight is 262 g/mol. The summed E-state index contributed by atoms with van der Waals surface area (Å²) in [4.78, 5) is 17.7. The summed E-state index contributed by atoms with van der Waals surface area (Å²) < 4.78 is 1.42. The molecule has 0 spiro atoms. The summed E-state index contributed by atoms with van der Waals surface area (Å²) in [6.07, 6.45) is 2.03. The van der Waals surface area contributed by atoms with Crippen LogP contribution in [0.4, 0.5) is 11.6 Å². The lowest BCUT2D eigenvalue weighted by Gasteiger charge is -2.16. The Morgan fingerprint density at radius 1 is 1.53 bits per heavy atom. The smallest absolute Gasteiger partial charge is 0.256 e. The molecule has 0 aromatic carbocycles. The Hall–Kier alpha value is -2.35. The molecule has 8 heteroatoms. The van der Waals surface area contributed by atoms with Gasteiger partial charge in [0, 0.05) is 19.3 Å². The average Bonchev–Trinajstić information content (AvgIpc) is 2.90. The van der Waals surface area contributed by atoms with Crippen molar-refractivity contribution in [1.82, 2.24) is 14.6 Å². The van der Waals surface area contributed by atoms with Crippen LogP contribution in [-0.4, -0.2) is 44.8 Å². The molecule has 1 atom stereocenters. The van der Waals surface area contributed by atoms with Crippen molar-refractivity contribution in [3.05, 3.63) is 17.8 Å². The van der Waals surface area contributed by atoms with Gasteiger partial charge in [-0.1, -0.05) is 0 Å². The highest BCUT2D eigenvalue weighted by Gasteiger charge is 2.23. The lowest BCUT2D eigenvalue weighted by Crippen LogP contribution is -2.22. The Labute approximate surface area is 108 Å². The number of hydrogen-bond acceptors (Lipinski definition) is 6. The Balaban J connectivity index is 2.09. The quantitative estimate of drug-likeness (QED) is 0.636. The summed E-state index contributed by atoms with van der Waals surface area (Å²) >= 11 is 0. The first kappa shape index (κ1) is 11.7. The molecule has 1 fully saturated rings. The maximum atomic E-state index is 11.4. The number of primary amides is 1. The van der Waals surface area contributed by atoms with Crippen LogP contribution in [0.5, 0.6) is 0 Å². The minimum atomic E-state index is -0.654. The minimum Gasteiger partial charge on any atom is -0.391 e. The number of nitrogens with zero attached hydrogens (tertiary/aromatic N) is 4. The maximum absolute atomic E-state index is 11.4. The molecule has 3 heterocycles. The van der Waals surface area contributed by atoms with Gasteiger partial charge in [0.25, 0.3) is 5.91 Å². The molecule has 0 aliphatic carbocycles. The van der Waals surface area contributed by atoms with E-state index in [0.717, 1.165) is 6.54 Å². The number of β-amino-alcohol motifs (C(OH)–C–C–N with tert-alkyl or cyclic N) is 1. The van der Waals surface area contributed by atoms with Gasteiger partial charge in [0.2, 0.25) is 0 Å². The number of carbonyl (C=O) groups is 1. The van der Waals surface area contributed by atoms with Gasteiger partial charge in [-0.05, 0) is 12.5 Å². The van der Waals surface area contributed by atoms with Gasteiger partial charge in [-0.25, -0.2) is 9.50 Å². The van der Waals surface area contributed by atoms with Gasteiger partial charge in [-0.3, -0.25) is 4.79 Å². The number of nitrogen functional groups attached to an aromatic ring is 1. The van der Waals surface area contributed by atoms with Gasteiger partial charge < -0.3 is 21.5 Å². The van der Waals surface area contributed by atoms with Gasteiger partial charge in [0.15, 0.2) is 11.5 Å². The summed E-state index contributed by atoms with van der Waals surface area (Å²) in [7, 11) is 0. The van der Waals surface area contributed by atoms with Crippen molar-refractivity contribution >= 4 is 23.2 Å². The molecule has 8 nitrogen and oxygen atoms in total. The highest BCUT2D eigenvalue weighted by molar-refractivity contribution is 6.03. The molecule has 1 amide bonds. The molecule has 1 aliphatic heterocycles. The van der Waals surface area contributed by atoms with Crippen LogP contribution in [0.25, 0.3) is 5.65 Å². The molecule has 0 saturated carbocycles. The molecular weight excluding hydrogens is 248 g/mol. The summed E-state index contributed by atoms with van der Waals surface area (Å²) in [5.74, 6) is 0.0867. The van der Waals surface area contributed by atoms with Crippen LogP contribution < -0.4 is 16.4 Å². The zero-order valence-electron chi connectivity index (χ0n) is 10.2. The van der Waals surface area contributed by atoms with Crippen molar-refractivity contribution in [3.63, 3.8) is 0 Å². The third kappa shape index (κ3) is 1.85. The first-order valence-electron chi connectivity index (χ1n) is 5.94. The standard InChI is InChI=1S/C11H14N6O2/c12-9-8(10(13)19)11-14-7(2-4-17(11)15-9)16-3-1-6(18)5-16/h2,4,6,18H,1,3,5H2,(H2,12,15)(H2,13,19). The number of amides is 1. The number of aromatic nitrogens is 3. The number of anilines is 2. The van der Waals surface area contributed by atoms with Gasteiger partial charge in [0.1, 0.15) is 11.4 Å². The molecule has 0 radical (unpaired) electrons. The van der Waals surface area contributed by atoms with E-state index in [1.807, 2.05) is 4.90 Å². The number of aliphatic hydroxyl groups excluding tert-OH is 1. The monoisotopic (exact) mass is 262 g/mol. The van der Waals surface area contributed by atoms with Crippen molar-refractivity contribution in [3.8, 4) is 0 Å². The van der Waals surface area contributed by atoms with Crippen molar-refractivity contribution in [1.29, 1.82) is 0 Å². The largest absolute Gasteiger partial charge is 0.391 e. The molecular formula is C11H14N6O2. The second kappa shape index (κ2) is 4.09. The topological polar surface area (TPSA) is 123 Å². The van der Waals surface area contributed by atoms with Crippen LogP contribution in [0.2, 0.25) is 0 Å². The fraction of sp³-hybridized carbons (Fsp3) is 0.364. The van der Waals surface area contributed by atoms with Crippen LogP contribution in [0.1, 0.15) is 16.8 Å². The van der Waals surface area contributed by atoms with Gasteiger partial charge in [-0.2, -0.15) is 0 Å². The predicted molar refractivity (Wildman–Crippen MR) is 68.8 cm³/mol. The Morgan fingerprint density at radius 3 is 2.95 bits per heavy atom. The molecule has 1 unspecified atom stereocenters. The summed E-state index contributed by atoms with van der Waals surface area (Å²) in [6, 6.07) is 1.77. The molecule has 2 aromatic heterocycles. The lowest BCUT2D eigenvalue weighted by atomic mass is 10.3. The Bertz CT molecular complexity index is 652. The zero-order valence-corrected chi connectivity index (χ0v) is 10.2. The number of fused-ring (bicyclic) bond motifs is 1. The highest BCUT2D eigenvalue weighted by atomic mass is 16.3. The van der Waals surface area contributed by atoms with Gasteiger partial charge >= 0.3 is 0 Å². The molecule has 2 aromatic rings. The van der Waals surface area contributed by atoms with E-state index < -0.39 is 5.91 Å². The third-order valence-electron chi connectivity index (χ3n) is 3.23.